The third-order valence-corrected chi connectivity index (χ3v) is 3.93. The predicted octanol–water partition coefficient (Wildman–Crippen LogP) is 4.17. The van der Waals surface area contributed by atoms with Gasteiger partial charge >= 0.3 is 0 Å². The highest BCUT2D eigenvalue weighted by Crippen LogP contribution is 2.34. The summed E-state index contributed by atoms with van der Waals surface area (Å²) in [5.41, 5.74) is 5.77. The number of aryl methyl sites for hydroxylation is 1. The van der Waals surface area contributed by atoms with Crippen molar-refractivity contribution in [2.75, 3.05) is 0 Å². The molecular weight excluding hydrogens is 234 g/mol. The van der Waals surface area contributed by atoms with Crippen molar-refractivity contribution in [3.8, 4) is 11.3 Å². The molecule has 1 radical (unpaired) electrons. The van der Waals surface area contributed by atoms with Crippen molar-refractivity contribution >= 4 is 11.0 Å². The second-order valence-electron chi connectivity index (χ2n) is 5.08. The molecule has 1 aliphatic carbocycles. The van der Waals surface area contributed by atoms with Crippen molar-refractivity contribution in [1.29, 1.82) is 0 Å². The fourth-order valence-electron chi connectivity index (χ4n) is 2.98. The maximum absolute atomic E-state index is 5.53. The number of pyridine rings is 1. The molecule has 0 N–H and O–H groups in total. The van der Waals surface area contributed by atoms with E-state index in [0.29, 0.717) is 0 Å². The van der Waals surface area contributed by atoms with E-state index < -0.39 is 0 Å². The van der Waals surface area contributed by atoms with E-state index in [4.69, 9.17) is 4.42 Å². The molecule has 2 nitrogen and oxygen atoms in total. The second-order valence-corrected chi connectivity index (χ2v) is 5.08. The summed E-state index contributed by atoms with van der Waals surface area (Å²) in [6, 6.07) is 10.2. The third kappa shape index (κ3) is 1.67. The molecule has 0 saturated carbocycles. The maximum atomic E-state index is 5.53. The summed E-state index contributed by atoms with van der Waals surface area (Å²) in [4.78, 5) is 4.59. The van der Waals surface area contributed by atoms with Crippen molar-refractivity contribution in [3.05, 3.63) is 53.9 Å². The molecule has 0 fully saturated rings. The van der Waals surface area contributed by atoms with Gasteiger partial charge in [-0.1, -0.05) is 18.2 Å². The Morgan fingerprint density at radius 1 is 1.05 bits per heavy atom. The van der Waals surface area contributed by atoms with E-state index in [9.17, 15) is 0 Å². The Morgan fingerprint density at radius 3 is 2.95 bits per heavy atom. The number of nitrogens with zero attached hydrogens (tertiary/aromatic N) is 1. The maximum Gasteiger partial charge on any atom is 0.180 e. The Hall–Kier alpha value is -2.09. The van der Waals surface area contributed by atoms with Crippen molar-refractivity contribution < 1.29 is 4.42 Å². The topological polar surface area (TPSA) is 26.0 Å². The van der Waals surface area contributed by atoms with Crippen LogP contribution in [-0.2, 0) is 12.8 Å². The lowest BCUT2D eigenvalue weighted by Gasteiger charge is -2.17. The molecule has 0 spiro atoms. The molecule has 0 atom stereocenters. The number of benzene rings is 1. The van der Waals surface area contributed by atoms with Crippen LogP contribution in [0, 0.1) is 6.26 Å². The zero-order valence-electron chi connectivity index (χ0n) is 10.6. The minimum atomic E-state index is 0.882. The van der Waals surface area contributed by atoms with Crippen LogP contribution >= 0.6 is 0 Å². The van der Waals surface area contributed by atoms with Crippen LogP contribution in [-0.4, -0.2) is 4.98 Å². The molecule has 2 aromatic heterocycles. The number of furan rings is 1. The summed E-state index contributed by atoms with van der Waals surface area (Å²) >= 11 is 0. The smallest absolute Gasteiger partial charge is 0.180 e. The van der Waals surface area contributed by atoms with Gasteiger partial charge < -0.3 is 4.42 Å². The molecule has 0 amide bonds. The van der Waals surface area contributed by atoms with Crippen LogP contribution in [0.3, 0.4) is 0 Å². The van der Waals surface area contributed by atoms with Crippen LogP contribution < -0.4 is 0 Å². The highest BCUT2D eigenvalue weighted by molar-refractivity contribution is 5.93. The van der Waals surface area contributed by atoms with Crippen molar-refractivity contribution in [2.24, 2.45) is 0 Å². The molecule has 2 heteroatoms. The van der Waals surface area contributed by atoms with Gasteiger partial charge in [-0.3, -0.25) is 4.98 Å². The normalized spacial score (nSPS) is 14.5. The van der Waals surface area contributed by atoms with Gasteiger partial charge in [0.25, 0.3) is 0 Å². The summed E-state index contributed by atoms with van der Waals surface area (Å²) in [5, 5.41) is 1.11. The van der Waals surface area contributed by atoms with E-state index in [1.807, 2.05) is 24.4 Å². The lowest BCUT2D eigenvalue weighted by molar-refractivity contribution is 0.606. The van der Waals surface area contributed by atoms with Gasteiger partial charge in [0.05, 0.1) is 11.3 Å². The van der Waals surface area contributed by atoms with Crippen molar-refractivity contribution in [2.45, 2.75) is 25.7 Å². The Morgan fingerprint density at radius 2 is 1.95 bits per heavy atom. The fraction of sp³-hybridized carbons (Fsp3) is 0.235. The molecule has 1 aliphatic rings. The van der Waals surface area contributed by atoms with Crippen LogP contribution in [0.2, 0.25) is 0 Å². The zero-order chi connectivity index (χ0) is 12.7. The Balaban J connectivity index is 1.97. The van der Waals surface area contributed by atoms with Crippen LogP contribution in [0.4, 0.5) is 0 Å². The van der Waals surface area contributed by atoms with E-state index in [0.717, 1.165) is 28.6 Å². The summed E-state index contributed by atoms with van der Waals surface area (Å²) in [7, 11) is 0. The first-order valence-corrected chi connectivity index (χ1v) is 6.80. The van der Waals surface area contributed by atoms with Gasteiger partial charge in [0.15, 0.2) is 6.26 Å². The van der Waals surface area contributed by atoms with Crippen LogP contribution in [0.15, 0.2) is 40.9 Å². The van der Waals surface area contributed by atoms with Gasteiger partial charge in [-0.25, -0.2) is 0 Å². The van der Waals surface area contributed by atoms with Crippen LogP contribution in [0.1, 0.15) is 24.0 Å². The largest absolute Gasteiger partial charge is 0.452 e. The van der Waals surface area contributed by atoms with Crippen molar-refractivity contribution in [3.63, 3.8) is 0 Å². The van der Waals surface area contributed by atoms with E-state index in [2.05, 4.69) is 23.4 Å². The molecule has 0 unspecified atom stereocenters. The van der Waals surface area contributed by atoms with Gasteiger partial charge in [0.1, 0.15) is 5.58 Å². The number of aromatic nitrogens is 1. The summed E-state index contributed by atoms with van der Waals surface area (Å²) in [5.74, 6) is 0. The quantitative estimate of drug-likeness (QED) is 0.646. The number of hydrogen-bond acceptors (Lipinski definition) is 2. The van der Waals surface area contributed by atoms with Gasteiger partial charge in [0.2, 0.25) is 0 Å². The van der Waals surface area contributed by atoms with Gasteiger partial charge in [0, 0.05) is 11.6 Å². The predicted molar refractivity (Wildman–Crippen MR) is 74.9 cm³/mol. The SMILES string of the molecule is [c]1oc2ccccc2c1-c1nccc2c1CCCC2. The van der Waals surface area contributed by atoms with Crippen LogP contribution in [0.25, 0.3) is 22.2 Å². The zero-order valence-corrected chi connectivity index (χ0v) is 10.6. The number of rotatable bonds is 1. The lowest BCUT2D eigenvalue weighted by Crippen LogP contribution is -2.05. The van der Waals surface area contributed by atoms with Gasteiger partial charge in [-0.2, -0.15) is 0 Å². The van der Waals surface area contributed by atoms with Gasteiger partial charge in [-0.05, 0) is 48.9 Å². The van der Waals surface area contributed by atoms with Crippen molar-refractivity contribution in [1.82, 2.24) is 4.98 Å². The first-order chi connectivity index (χ1) is 9.43. The lowest BCUT2D eigenvalue weighted by atomic mass is 9.89. The number of hydrogen-bond donors (Lipinski definition) is 0. The van der Waals surface area contributed by atoms with E-state index in [1.165, 1.54) is 30.4 Å². The Bertz CT molecular complexity index is 742. The molecule has 0 bridgehead atoms. The van der Waals surface area contributed by atoms with E-state index in [-0.39, 0.29) is 0 Å². The molecule has 0 saturated heterocycles. The van der Waals surface area contributed by atoms with E-state index in [1.54, 1.807) is 0 Å². The Labute approximate surface area is 112 Å². The first kappa shape index (κ1) is 10.8. The molecule has 0 aliphatic heterocycles. The molecule has 19 heavy (non-hydrogen) atoms. The average Bonchev–Trinajstić information content (AvgIpc) is 2.90. The molecule has 3 aromatic rings. The second kappa shape index (κ2) is 4.23. The Kier molecular flexibility index (Phi) is 2.41. The average molecular weight is 248 g/mol. The minimum absolute atomic E-state index is 0.882. The highest BCUT2D eigenvalue weighted by Gasteiger charge is 2.18. The summed E-state index contributed by atoms with van der Waals surface area (Å²) in [6.07, 6.45) is 9.77. The van der Waals surface area contributed by atoms with Gasteiger partial charge in [-0.15, -0.1) is 0 Å². The number of fused-ring (bicyclic) bond motifs is 2. The fourth-order valence-corrected chi connectivity index (χ4v) is 2.98. The monoisotopic (exact) mass is 248 g/mol. The highest BCUT2D eigenvalue weighted by atomic mass is 16.3. The van der Waals surface area contributed by atoms with E-state index >= 15 is 0 Å². The third-order valence-electron chi connectivity index (χ3n) is 3.93. The standard InChI is InChI=1S/C17H14NO/c1-2-6-13-12(5-1)9-10-18-17(13)15-11-19-16-8-4-3-7-14(15)16/h3-4,7-10H,1-2,5-6H2. The molecule has 93 valence electrons. The molecule has 2 heterocycles. The van der Waals surface area contributed by atoms with Crippen LogP contribution in [0.5, 0.6) is 0 Å². The molecule has 1 aromatic carbocycles. The molecular formula is C17H14NO. The molecule has 4 rings (SSSR count). The minimum Gasteiger partial charge on any atom is -0.452 e. The number of para-hydroxylation sites is 1. The summed E-state index contributed by atoms with van der Waals surface area (Å²) in [6.45, 7) is 0. The summed E-state index contributed by atoms with van der Waals surface area (Å²) < 4.78 is 5.53. The first-order valence-electron chi connectivity index (χ1n) is 6.80.